The average Bonchev–Trinajstić information content (AvgIpc) is 3.13. The van der Waals surface area contributed by atoms with E-state index in [4.69, 9.17) is 0 Å². The number of rotatable bonds is 4. The molecule has 30 heavy (non-hydrogen) atoms. The maximum atomic E-state index is 13.4. The minimum atomic E-state index is -3.79. The molecule has 2 N–H and O–H groups in total. The molecular weight excluding hydrogens is 394 g/mol. The second kappa shape index (κ2) is 6.76. The maximum absolute atomic E-state index is 13.4. The third-order valence-corrected chi connectivity index (χ3v) is 4.52. The third kappa shape index (κ3) is 3.28. The van der Waals surface area contributed by atoms with Crippen LogP contribution in [0.3, 0.4) is 0 Å². The Hall–Kier alpha value is -4.08. The molecule has 0 unspecified atom stereocenters. The zero-order valence-corrected chi connectivity index (χ0v) is 15.3. The van der Waals surface area contributed by atoms with E-state index in [9.17, 15) is 13.6 Å². The van der Waals surface area contributed by atoms with Crippen LogP contribution in [0.5, 0.6) is 5.75 Å². The van der Waals surface area contributed by atoms with E-state index in [1.165, 1.54) is 6.07 Å². The number of hydrogen-bond acceptors (Lipinski definition) is 7. The van der Waals surface area contributed by atoms with Gasteiger partial charge in [-0.25, -0.2) is 9.50 Å². The van der Waals surface area contributed by atoms with Crippen molar-refractivity contribution in [3.8, 4) is 5.75 Å². The quantitative estimate of drug-likeness (QED) is 0.532. The molecule has 0 saturated carbocycles. The fraction of sp³-hybridized carbons (Fsp3) is 0.100. The van der Waals surface area contributed by atoms with Crippen LogP contribution >= 0.6 is 0 Å². The van der Waals surface area contributed by atoms with Crippen LogP contribution in [0.4, 0.5) is 31.9 Å². The average molecular weight is 408 g/mol. The van der Waals surface area contributed by atoms with E-state index >= 15 is 0 Å². The van der Waals surface area contributed by atoms with E-state index in [0.29, 0.717) is 28.7 Å². The number of benzene rings is 2. The van der Waals surface area contributed by atoms with Gasteiger partial charge in [0.1, 0.15) is 5.75 Å². The monoisotopic (exact) mass is 408 g/mol. The number of nitrogens with zero attached hydrogens (tertiary/aromatic N) is 4. The minimum absolute atomic E-state index is 0.0202. The first-order valence-corrected chi connectivity index (χ1v) is 9.01. The predicted octanol–water partition coefficient (Wildman–Crippen LogP) is 3.71. The topological polar surface area (TPSA) is 93.4 Å². The molecule has 5 rings (SSSR count). The number of aromatic nitrogens is 4. The fourth-order valence-corrected chi connectivity index (χ4v) is 3.11. The number of nitrogens with one attached hydrogen (secondary N) is 2. The second-order valence-corrected chi connectivity index (χ2v) is 6.64. The molecule has 10 heteroatoms. The van der Waals surface area contributed by atoms with Gasteiger partial charge in [0.15, 0.2) is 5.82 Å². The lowest BCUT2D eigenvalue weighted by Crippen LogP contribution is -2.40. The summed E-state index contributed by atoms with van der Waals surface area (Å²) < 4.78 is 32.9. The normalized spacial score (nSPS) is 14.8. The molecule has 3 heterocycles. The first-order chi connectivity index (χ1) is 14.5. The largest absolute Gasteiger partial charge is 0.461 e. The van der Waals surface area contributed by atoms with Crippen LogP contribution in [0.25, 0.3) is 5.65 Å². The van der Waals surface area contributed by atoms with Gasteiger partial charge in [0.25, 0.3) is 0 Å². The van der Waals surface area contributed by atoms with Crippen LogP contribution in [0.1, 0.15) is 5.56 Å². The summed E-state index contributed by atoms with van der Waals surface area (Å²) in [5.74, 6) is -0.488. The Labute approximate surface area is 168 Å². The zero-order valence-electron chi connectivity index (χ0n) is 15.3. The predicted molar refractivity (Wildman–Crippen MR) is 105 cm³/mol. The summed E-state index contributed by atoms with van der Waals surface area (Å²) in [6.07, 6.45) is -0.989. The number of carbonyl (C=O) groups excluding carboxylic acids is 1. The number of Topliss-reactive ketones (excluding diaryl/α,β-unsaturated/α-hetero) is 1. The Morgan fingerprint density at radius 3 is 2.73 bits per heavy atom. The van der Waals surface area contributed by atoms with Crippen molar-refractivity contribution in [2.45, 2.75) is 12.5 Å². The summed E-state index contributed by atoms with van der Waals surface area (Å²) >= 11 is 0. The highest BCUT2D eigenvalue weighted by Gasteiger charge is 2.45. The number of hydrogen-bond donors (Lipinski definition) is 2. The van der Waals surface area contributed by atoms with Gasteiger partial charge in [-0.1, -0.05) is 18.2 Å². The molecule has 0 bridgehead atoms. The highest BCUT2D eigenvalue weighted by atomic mass is 19.3. The summed E-state index contributed by atoms with van der Waals surface area (Å²) in [4.78, 5) is 20.3. The molecule has 150 valence electrons. The Morgan fingerprint density at radius 1 is 1.07 bits per heavy atom. The molecule has 2 aromatic heterocycles. The third-order valence-electron chi connectivity index (χ3n) is 4.52. The van der Waals surface area contributed by atoms with Crippen molar-refractivity contribution in [3.63, 3.8) is 0 Å². The molecule has 0 fully saturated rings. The van der Waals surface area contributed by atoms with Gasteiger partial charge in [0.2, 0.25) is 17.4 Å². The number of alkyl halides is 2. The second-order valence-electron chi connectivity index (χ2n) is 6.64. The van der Waals surface area contributed by atoms with Gasteiger partial charge in [-0.3, -0.25) is 4.79 Å². The van der Waals surface area contributed by atoms with E-state index in [2.05, 4.69) is 30.4 Å². The van der Waals surface area contributed by atoms with Crippen LogP contribution in [0, 0.1) is 0 Å². The first-order valence-electron chi connectivity index (χ1n) is 9.01. The molecule has 0 amide bonds. The van der Waals surface area contributed by atoms with E-state index in [-0.39, 0.29) is 5.75 Å². The summed E-state index contributed by atoms with van der Waals surface area (Å²) in [5.41, 5.74) is 2.23. The van der Waals surface area contributed by atoms with Gasteiger partial charge >= 0.3 is 6.11 Å². The molecule has 0 spiro atoms. The van der Waals surface area contributed by atoms with Crippen LogP contribution in [0.2, 0.25) is 0 Å². The molecule has 4 aromatic rings. The molecule has 1 aliphatic rings. The van der Waals surface area contributed by atoms with Crippen molar-refractivity contribution in [1.29, 1.82) is 0 Å². The summed E-state index contributed by atoms with van der Waals surface area (Å²) in [6.45, 7) is 0. The van der Waals surface area contributed by atoms with Crippen molar-refractivity contribution in [2.75, 3.05) is 10.6 Å². The van der Waals surface area contributed by atoms with Gasteiger partial charge in [-0.2, -0.15) is 13.8 Å². The molecule has 1 aliphatic heterocycles. The number of fused-ring (bicyclic) bond motifs is 2. The fourth-order valence-electron chi connectivity index (χ4n) is 3.11. The Bertz CT molecular complexity index is 1260. The molecule has 2 aromatic carbocycles. The van der Waals surface area contributed by atoms with Gasteiger partial charge in [0.05, 0.1) is 0 Å². The molecule has 0 aliphatic carbocycles. The minimum Gasteiger partial charge on any atom is -0.426 e. The number of ketones is 1. The van der Waals surface area contributed by atoms with Gasteiger partial charge in [0, 0.05) is 35.8 Å². The summed E-state index contributed by atoms with van der Waals surface area (Å²) in [7, 11) is 0. The number of halogens is 2. The first kappa shape index (κ1) is 18.0. The van der Waals surface area contributed by atoms with Crippen LogP contribution in [-0.4, -0.2) is 31.5 Å². The molecule has 8 nitrogen and oxygen atoms in total. The van der Waals surface area contributed by atoms with Crippen LogP contribution in [0.15, 0.2) is 60.9 Å². The maximum Gasteiger partial charge on any atom is 0.461 e. The van der Waals surface area contributed by atoms with Gasteiger partial charge < -0.3 is 15.4 Å². The smallest absolute Gasteiger partial charge is 0.426 e. The van der Waals surface area contributed by atoms with Crippen molar-refractivity contribution in [1.82, 2.24) is 19.6 Å². The lowest BCUT2D eigenvalue weighted by Gasteiger charge is -2.24. The Morgan fingerprint density at radius 2 is 1.90 bits per heavy atom. The zero-order chi connectivity index (χ0) is 20.7. The van der Waals surface area contributed by atoms with Crippen molar-refractivity contribution in [2.24, 2.45) is 0 Å². The SMILES string of the molecule is O=C1Cc2cc(Nc3nccn4nc(Nc5ccccc5)nc34)ccc2OC1(F)F. The summed E-state index contributed by atoms with van der Waals surface area (Å²) in [5, 5.41) is 10.6. The number of para-hydroxylation sites is 1. The Balaban J connectivity index is 1.43. The van der Waals surface area contributed by atoms with Crippen molar-refractivity contribution < 1.29 is 18.3 Å². The van der Waals surface area contributed by atoms with Crippen molar-refractivity contribution in [3.05, 3.63) is 66.5 Å². The van der Waals surface area contributed by atoms with E-state index < -0.39 is 18.3 Å². The van der Waals surface area contributed by atoms with E-state index in [1.54, 1.807) is 29.0 Å². The molecule has 0 atom stereocenters. The van der Waals surface area contributed by atoms with Crippen molar-refractivity contribution >= 4 is 34.6 Å². The highest BCUT2D eigenvalue weighted by Crippen LogP contribution is 2.35. The van der Waals surface area contributed by atoms with E-state index in [1.807, 2.05) is 30.3 Å². The molecular formula is C20H14F2N6O2. The number of anilines is 4. The molecule has 0 radical (unpaired) electrons. The highest BCUT2D eigenvalue weighted by molar-refractivity contribution is 5.89. The van der Waals surface area contributed by atoms with Gasteiger partial charge in [-0.15, -0.1) is 5.10 Å². The number of carbonyl (C=O) groups is 1. The number of ether oxygens (including phenoxy) is 1. The van der Waals surface area contributed by atoms with Crippen LogP contribution in [-0.2, 0) is 11.2 Å². The standard InChI is InChI=1S/C20H14F2N6O2/c21-20(22)16(29)11-12-10-14(6-7-15(12)30-20)24-17-18-26-19(27-28(18)9-8-23-17)25-13-4-2-1-3-5-13/h1-10H,11H2,(H,23,24)(H,25,27). The van der Waals surface area contributed by atoms with Crippen LogP contribution < -0.4 is 15.4 Å². The summed E-state index contributed by atoms with van der Waals surface area (Å²) in [6, 6.07) is 14.0. The van der Waals surface area contributed by atoms with Gasteiger partial charge in [-0.05, 0) is 30.3 Å². The van der Waals surface area contributed by atoms with E-state index in [0.717, 1.165) is 5.69 Å². The lowest BCUT2D eigenvalue weighted by atomic mass is 10.0. The lowest BCUT2D eigenvalue weighted by molar-refractivity contribution is -0.193. The Kier molecular flexibility index (Phi) is 4.05. The molecule has 0 saturated heterocycles.